The third-order valence-corrected chi connectivity index (χ3v) is 4.49. The topological polar surface area (TPSA) is 97.5 Å². The molecule has 0 saturated carbocycles. The Kier molecular flexibility index (Phi) is 6.21. The number of hydrogen-bond donors (Lipinski definition) is 1. The SMILES string of the molecule is CCCc1c(C)nc(-n2[nH]c(C)c(N=Nc3ccc(C)cc3)c2=O)nc1OCC. The van der Waals surface area contributed by atoms with Crippen LogP contribution in [0.5, 0.6) is 5.88 Å². The van der Waals surface area contributed by atoms with E-state index in [0.29, 0.717) is 23.9 Å². The van der Waals surface area contributed by atoms with E-state index >= 15 is 0 Å². The Morgan fingerprint density at radius 3 is 2.45 bits per heavy atom. The van der Waals surface area contributed by atoms with Crippen LogP contribution < -0.4 is 10.3 Å². The lowest BCUT2D eigenvalue weighted by molar-refractivity contribution is 0.320. The summed E-state index contributed by atoms with van der Waals surface area (Å²) in [5, 5.41) is 11.3. The van der Waals surface area contributed by atoms with Crippen LogP contribution in [-0.2, 0) is 6.42 Å². The first-order valence-corrected chi connectivity index (χ1v) is 9.75. The molecule has 0 aliphatic rings. The zero-order valence-electron chi connectivity index (χ0n) is 17.5. The van der Waals surface area contributed by atoms with Crippen molar-refractivity contribution < 1.29 is 4.74 Å². The highest BCUT2D eigenvalue weighted by Gasteiger charge is 2.18. The molecule has 0 bridgehead atoms. The van der Waals surface area contributed by atoms with Crippen molar-refractivity contribution in [3.05, 3.63) is 57.1 Å². The second kappa shape index (κ2) is 8.81. The molecule has 8 nitrogen and oxygen atoms in total. The fraction of sp³-hybridized carbons (Fsp3) is 0.381. The standard InChI is InChI=1S/C21H26N6O2/c1-6-8-17-14(4)22-21(23-19(17)29-7-2)27-20(28)18(15(5)26-27)25-24-16-11-9-13(3)10-12-16/h9-12,26H,6-8H2,1-5H3. The molecule has 0 aliphatic heterocycles. The van der Waals surface area contributed by atoms with Crippen LogP contribution in [-0.4, -0.2) is 26.4 Å². The number of aryl methyl sites for hydroxylation is 3. The van der Waals surface area contributed by atoms with Gasteiger partial charge in [0.2, 0.25) is 5.88 Å². The first-order chi connectivity index (χ1) is 13.9. The molecule has 0 unspecified atom stereocenters. The van der Waals surface area contributed by atoms with Crippen LogP contribution in [0, 0.1) is 20.8 Å². The number of nitrogens with zero attached hydrogens (tertiary/aromatic N) is 5. The Bertz CT molecular complexity index is 1080. The van der Waals surface area contributed by atoms with E-state index in [1.807, 2.05) is 45.0 Å². The van der Waals surface area contributed by atoms with E-state index in [1.54, 1.807) is 6.92 Å². The number of nitrogens with one attached hydrogen (secondary N) is 1. The summed E-state index contributed by atoms with van der Waals surface area (Å²) in [5.41, 5.74) is 4.02. The molecule has 1 aromatic carbocycles. The number of H-pyrrole nitrogens is 1. The fourth-order valence-electron chi connectivity index (χ4n) is 2.96. The smallest absolute Gasteiger partial charge is 0.301 e. The molecule has 0 radical (unpaired) electrons. The lowest BCUT2D eigenvalue weighted by atomic mass is 10.1. The first kappa shape index (κ1) is 20.4. The Labute approximate surface area is 169 Å². The molecule has 152 valence electrons. The zero-order chi connectivity index (χ0) is 21.0. The molecule has 0 fully saturated rings. The Morgan fingerprint density at radius 2 is 1.79 bits per heavy atom. The van der Waals surface area contributed by atoms with Gasteiger partial charge in [0.05, 0.1) is 18.0 Å². The highest BCUT2D eigenvalue weighted by Crippen LogP contribution is 2.23. The van der Waals surface area contributed by atoms with E-state index in [9.17, 15) is 4.79 Å². The van der Waals surface area contributed by atoms with Crippen molar-refractivity contribution in [2.75, 3.05) is 6.61 Å². The summed E-state index contributed by atoms with van der Waals surface area (Å²) in [6.45, 7) is 10.1. The second-order valence-electron chi connectivity index (χ2n) is 6.84. The van der Waals surface area contributed by atoms with Crippen LogP contribution >= 0.6 is 0 Å². The molecule has 3 aromatic rings. The van der Waals surface area contributed by atoms with E-state index in [1.165, 1.54) is 4.68 Å². The maximum atomic E-state index is 12.9. The minimum atomic E-state index is -0.358. The molecule has 1 N–H and O–H groups in total. The molecule has 2 heterocycles. The summed E-state index contributed by atoms with van der Waals surface area (Å²) < 4.78 is 6.98. The number of rotatable bonds is 7. The molecule has 0 atom stereocenters. The number of ether oxygens (including phenoxy) is 1. The van der Waals surface area contributed by atoms with Gasteiger partial charge in [0, 0.05) is 11.3 Å². The quantitative estimate of drug-likeness (QED) is 0.590. The van der Waals surface area contributed by atoms with Crippen molar-refractivity contribution in [1.82, 2.24) is 19.7 Å². The summed E-state index contributed by atoms with van der Waals surface area (Å²) in [6.07, 6.45) is 1.77. The Morgan fingerprint density at radius 1 is 1.07 bits per heavy atom. The van der Waals surface area contributed by atoms with Crippen LogP contribution in [0.3, 0.4) is 0 Å². The lowest BCUT2D eigenvalue weighted by Crippen LogP contribution is -2.19. The highest BCUT2D eigenvalue weighted by molar-refractivity contribution is 5.44. The fourth-order valence-corrected chi connectivity index (χ4v) is 2.96. The van der Waals surface area contributed by atoms with Gasteiger partial charge in [0.15, 0.2) is 5.69 Å². The number of aromatic nitrogens is 4. The molecular weight excluding hydrogens is 368 g/mol. The predicted octanol–water partition coefficient (Wildman–Crippen LogP) is 4.65. The van der Waals surface area contributed by atoms with Gasteiger partial charge >= 0.3 is 5.56 Å². The predicted molar refractivity (Wildman–Crippen MR) is 112 cm³/mol. The van der Waals surface area contributed by atoms with Crippen LogP contribution in [0.2, 0.25) is 0 Å². The van der Waals surface area contributed by atoms with Crippen molar-refractivity contribution in [1.29, 1.82) is 0 Å². The summed E-state index contributed by atoms with van der Waals surface area (Å²) in [6, 6.07) is 7.60. The van der Waals surface area contributed by atoms with Gasteiger partial charge in [-0.1, -0.05) is 31.0 Å². The molecule has 0 amide bonds. The van der Waals surface area contributed by atoms with E-state index in [0.717, 1.165) is 29.7 Å². The monoisotopic (exact) mass is 394 g/mol. The Balaban J connectivity index is 2.01. The number of benzene rings is 1. The molecule has 0 spiro atoms. The normalized spacial score (nSPS) is 11.3. The lowest BCUT2D eigenvalue weighted by Gasteiger charge is -2.12. The minimum absolute atomic E-state index is 0.224. The van der Waals surface area contributed by atoms with Gasteiger partial charge in [0.1, 0.15) is 0 Å². The average molecular weight is 394 g/mol. The van der Waals surface area contributed by atoms with E-state index in [4.69, 9.17) is 4.74 Å². The van der Waals surface area contributed by atoms with Gasteiger partial charge in [-0.3, -0.25) is 9.89 Å². The third-order valence-electron chi connectivity index (χ3n) is 4.49. The van der Waals surface area contributed by atoms with E-state index < -0.39 is 0 Å². The van der Waals surface area contributed by atoms with Gasteiger partial charge in [0.25, 0.3) is 5.95 Å². The third kappa shape index (κ3) is 4.42. The summed E-state index contributed by atoms with van der Waals surface area (Å²) in [5.74, 6) is 0.745. The average Bonchev–Trinajstić information content (AvgIpc) is 2.98. The van der Waals surface area contributed by atoms with Gasteiger partial charge < -0.3 is 4.74 Å². The first-order valence-electron chi connectivity index (χ1n) is 9.75. The van der Waals surface area contributed by atoms with Crippen molar-refractivity contribution in [3.8, 4) is 11.8 Å². The minimum Gasteiger partial charge on any atom is -0.478 e. The molecule has 0 saturated heterocycles. The van der Waals surface area contributed by atoms with Gasteiger partial charge in [-0.15, -0.1) is 5.11 Å². The number of aromatic amines is 1. The van der Waals surface area contributed by atoms with Crippen LogP contribution in [0.15, 0.2) is 39.3 Å². The van der Waals surface area contributed by atoms with Gasteiger partial charge in [-0.25, -0.2) is 4.98 Å². The summed E-state index contributed by atoms with van der Waals surface area (Å²) in [7, 11) is 0. The van der Waals surface area contributed by atoms with Crippen LogP contribution in [0.4, 0.5) is 11.4 Å². The maximum Gasteiger partial charge on any atom is 0.301 e. The second-order valence-corrected chi connectivity index (χ2v) is 6.84. The zero-order valence-corrected chi connectivity index (χ0v) is 17.5. The Hall–Kier alpha value is -3.29. The van der Waals surface area contributed by atoms with E-state index in [-0.39, 0.29) is 17.2 Å². The highest BCUT2D eigenvalue weighted by atomic mass is 16.5. The van der Waals surface area contributed by atoms with Gasteiger partial charge in [-0.05, 0) is 46.2 Å². The van der Waals surface area contributed by atoms with Crippen molar-refractivity contribution >= 4 is 11.4 Å². The summed E-state index contributed by atoms with van der Waals surface area (Å²) >= 11 is 0. The largest absolute Gasteiger partial charge is 0.478 e. The van der Waals surface area contributed by atoms with Crippen molar-refractivity contribution in [3.63, 3.8) is 0 Å². The molecule has 0 aliphatic carbocycles. The van der Waals surface area contributed by atoms with Crippen LogP contribution in [0.25, 0.3) is 5.95 Å². The number of azo groups is 1. The summed E-state index contributed by atoms with van der Waals surface area (Å²) in [4.78, 5) is 21.9. The molecule has 29 heavy (non-hydrogen) atoms. The number of hydrogen-bond acceptors (Lipinski definition) is 6. The van der Waals surface area contributed by atoms with Gasteiger partial charge in [-0.2, -0.15) is 14.8 Å². The molecule has 8 heteroatoms. The van der Waals surface area contributed by atoms with E-state index in [2.05, 4.69) is 32.2 Å². The molecule has 2 aromatic heterocycles. The van der Waals surface area contributed by atoms with Crippen LogP contribution in [0.1, 0.15) is 42.8 Å². The van der Waals surface area contributed by atoms with Crippen molar-refractivity contribution in [2.24, 2.45) is 10.2 Å². The maximum absolute atomic E-state index is 12.9. The molecule has 3 rings (SSSR count). The van der Waals surface area contributed by atoms with Crippen molar-refractivity contribution in [2.45, 2.75) is 47.5 Å². The molecular formula is C21H26N6O2.